The van der Waals surface area contributed by atoms with Crippen LogP contribution in [0.3, 0.4) is 0 Å². The smallest absolute Gasteiger partial charge is 0.356 e. The molecule has 0 saturated heterocycles. The lowest BCUT2D eigenvalue weighted by molar-refractivity contribution is -0.0403. The van der Waals surface area contributed by atoms with Gasteiger partial charge in [-0.15, -0.1) is 0 Å². The van der Waals surface area contributed by atoms with Gasteiger partial charge in [-0.1, -0.05) is 0 Å². The fraction of sp³-hybridized carbons (Fsp3) is 0.667. The summed E-state index contributed by atoms with van der Waals surface area (Å²) < 4.78 is 71.9. The number of nitrogen functional groups attached to an aromatic ring is 1. The number of imidazole rings is 1. The highest BCUT2D eigenvalue weighted by Crippen LogP contribution is 2.51. The summed E-state index contributed by atoms with van der Waals surface area (Å²) in [6.45, 7) is 3.56. The van der Waals surface area contributed by atoms with Gasteiger partial charge in [-0.25, -0.2) is 13.8 Å². The lowest BCUT2D eigenvalue weighted by Crippen LogP contribution is -2.25. The summed E-state index contributed by atoms with van der Waals surface area (Å²) in [6, 6.07) is -1.38. The zero-order chi connectivity index (χ0) is 20.5. The van der Waals surface area contributed by atoms with Crippen LogP contribution >= 0.6 is 7.60 Å². The first kappa shape index (κ1) is 21.0. The fourth-order valence-corrected chi connectivity index (χ4v) is 4.63. The summed E-state index contributed by atoms with van der Waals surface area (Å²) in [5.74, 6) is -3.42. The minimum atomic E-state index is -3.52. The molecule has 156 valence electrons. The van der Waals surface area contributed by atoms with Crippen molar-refractivity contribution in [2.24, 2.45) is 0 Å². The molecular formula is C15H21F3N5O4P. The van der Waals surface area contributed by atoms with Gasteiger partial charge in [-0.05, 0) is 13.8 Å². The molecule has 2 heterocycles. The SMILES string of the molecule is CCOP(=O)(CO[C@H]1C[C@@H](n2cnc3c(N)nc(F)nc32)C(F)(F)C1)OCC. The van der Waals surface area contributed by atoms with Crippen molar-refractivity contribution in [2.45, 2.75) is 44.8 Å². The van der Waals surface area contributed by atoms with Crippen molar-refractivity contribution in [3.63, 3.8) is 0 Å². The molecule has 1 saturated carbocycles. The number of hydrogen-bond donors (Lipinski definition) is 1. The molecule has 0 radical (unpaired) electrons. The van der Waals surface area contributed by atoms with Gasteiger partial charge in [-0.2, -0.15) is 14.4 Å². The fourth-order valence-electron chi connectivity index (χ4n) is 3.23. The van der Waals surface area contributed by atoms with Gasteiger partial charge in [0.15, 0.2) is 11.5 Å². The highest BCUT2D eigenvalue weighted by Gasteiger charge is 2.51. The molecule has 2 N–H and O–H groups in total. The van der Waals surface area contributed by atoms with E-state index in [2.05, 4.69) is 15.0 Å². The Balaban J connectivity index is 1.79. The quantitative estimate of drug-likeness (QED) is 0.509. The molecule has 13 heteroatoms. The molecule has 0 unspecified atom stereocenters. The molecule has 2 atom stereocenters. The van der Waals surface area contributed by atoms with Crippen molar-refractivity contribution >= 4 is 24.6 Å². The van der Waals surface area contributed by atoms with Crippen LogP contribution in [0.15, 0.2) is 6.33 Å². The molecular weight excluding hydrogens is 402 g/mol. The second kappa shape index (κ2) is 7.94. The predicted molar refractivity (Wildman–Crippen MR) is 93.5 cm³/mol. The Hall–Kier alpha value is -1.75. The molecule has 0 bridgehead atoms. The summed E-state index contributed by atoms with van der Waals surface area (Å²) in [5.41, 5.74) is 5.50. The summed E-state index contributed by atoms with van der Waals surface area (Å²) in [4.78, 5) is 10.8. The zero-order valence-corrected chi connectivity index (χ0v) is 16.2. The number of aromatic nitrogens is 4. The van der Waals surface area contributed by atoms with Crippen LogP contribution in [0.4, 0.5) is 19.0 Å². The van der Waals surface area contributed by atoms with Crippen LogP contribution in [0.2, 0.25) is 0 Å². The number of alkyl halides is 2. The molecule has 2 aromatic rings. The summed E-state index contributed by atoms with van der Waals surface area (Å²) >= 11 is 0. The van der Waals surface area contributed by atoms with Gasteiger partial charge in [-0.3, -0.25) is 4.57 Å². The number of fused-ring (bicyclic) bond motifs is 1. The van der Waals surface area contributed by atoms with E-state index >= 15 is 0 Å². The molecule has 0 aromatic carbocycles. The first-order valence-electron chi connectivity index (χ1n) is 8.72. The molecule has 1 aliphatic carbocycles. The van der Waals surface area contributed by atoms with Crippen molar-refractivity contribution in [3.05, 3.63) is 12.4 Å². The number of halogens is 3. The maximum absolute atomic E-state index is 14.6. The van der Waals surface area contributed by atoms with Gasteiger partial charge in [0.2, 0.25) is 0 Å². The number of rotatable bonds is 8. The Morgan fingerprint density at radius 2 is 2.00 bits per heavy atom. The third-order valence-electron chi connectivity index (χ3n) is 4.35. The van der Waals surface area contributed by atoms with E-state index in [4.69, 9.17) is 19.5 Å². The van der Waals surface area contributed by atoms with Crippen LogP contribution < -0.4 is 5.73 Å². The normalized spacial score (nSPS) is 22.2. The minimum Gasteiger partial charge on any atom is -0.382 e. The number of hydrogen-bond acceptors (Lipinski definition) is 8. The maximum atomic E-state index is 14.6. The number of anilines is 1. The number of ether oxygens (including phenoxy) is 1. The summed E-state index contributed by atoms with van der Waals surface area (Å²) in [6.07, 6.45) is -2.08. The van der Waals surface area contributed by atoms with E-state index in [1.54, 1.807) is 13.8 Å². The van der Waals surface area contributed by atoms with E-state index in [1.165, 1.54) is 0 Å². The lowest BCUT2D eigenvalue weighted by atomic mass is 10.2. The van der Waals surface area contributed by atoms with E-state index < -0.39 is 44.5 Å². The van der Waals surface area contributed by atoms with E-state index in [-0.39, 0.29) is 36.6 Å². The standard InChI is InChI=1S/C15H21F3N5O4P/c1-3-26-28(24,27-4-2)8-25-9-5-10(15(17,18)6-9)23-7-20-11-12(19)21-14(16)22-13(11)23/h7,9-10H,3-6,8H2,1-2H3,(H2,19,21,22)/t9-,10+/m0/s1. The molecule has 0 spiro atoms. The summed E-state index contributed by atoms with van der Waals surface area (Å²) in [7, 11) is -3.52. The van der Waals surface area contributed by atoms with Gasteiger partial charge < -0.3 is 24.1 Å². The third kappa shape index (κ3) is 4.14. The number of nitrogens with two attached hydrogens (primary N) is 1. The molecule has 1 aliphatic rings. The lowest BCUT2D eigenvalue weighted by Gasteiger charge is -2.20. The van der Waals surface area contributed by atoms with E-state index in [0.29, 0.717) is 0 Å². The Morgan fingerprint density at radius 3 is 2.64 bits per heavy atom. The van der Waals surface area contributed by atoms with Crippen LogP contribution in [0.1, 0.15) is 32.7 Å². The van der Waals surface area contributed by atoms with Crippen molar-refractivity contribution < 1.29 is 31.5 Å². The first-order valence-corrected chi connectivity index (χ1v) is 10.4. The first-order chi connectivity index (χ1) is 13.2. The van der Waals surface area contributed by atoms with E-state index in [1.807, 2.05) is 0 Å². The molecule has 3 rings (SSSR count). The second-order valence-electron chi connectivity index (χ2n) is 6.28. The molecule has 1 fully saturated rings. The number of nitrogens with zero attached hydrogens (tertiary/aromatic N) is 4. The van der Waals surface area contributed by atoms with Crippen molar-refractivity contribution in [3.8, 4) is 0 Å². The van der Waals surface area contributed by atoms with Gasteiger partial charge in [0.25, 0.3) is 5.92 Å². The molecule has 9 nitrogen and oxygen atoms in total. The van der Waals surface area contributed by atoms with Gasteiger partial charge in [0.1, 0.15) is 17.9 Å². The average Bonchev–Trinajstić information content (AvgIpc) is 3.13. The molecule has 2 aromatic heterocycles. The average molecular weight is 423 g/mol. The monoisotopic (exact) mass is 423 g/mol. The van der Waals surface area contributed by atoms with Crippen LogP contribution in [-0.4, -0.2) is 51.1 Å². The highest BCUT2D eigenvalue weighted by molar-refractivity contribution is 7.53. The Kier molecular flexibility index (Phi) is 5.95. The van der Waals surface area contributed by atoms with Crippen LogP contribution in [0.25, 0.3) is 11.2 Å². The van der Waals surface area contributed by atoms with Gasteiger partial charge in [0, 0.05) is 12.8 Å². The Morgan fingerprint density at radius 1 is 1.32 bits per heavy atom. The minimum absolute atomic E-state index is 0.0405. The van der Waals surface area contributed by atoms with E-state index in [0.717, 1.165) is 10.9 Å². The Bertz CT molecular complexity index is 886. The van der Waals surface area contributed by atoms with Gasteiger partial charge in [0.05, 0.1) is 25.6 Å². The predicted octanol–water partition coefficient (Wildman–Crippen LogP) is 3.13. The van der Waals surface area contributed by atoms with Crippen LogP contribution in [-0.2, 0) is 18.3 Å². The molecule has 28 heavy (non-hydrogen) atoms. The summed E-state index contributed by atoms with van der Waals surface area (Å²) in [5, 5.41) is 0. The van der Waals surface area contributed by atoms with Gasteiger partial charge >= 0.3 is 13.7 Å². The van der Waals surface area contributed by atoms with Crippen LogP contribution in [0, 0.1) is 6.08 Å². The van der Waals surface area contributed by atoms with Crippen molar-refractivity contribution in [1.82, 2.24) is 19.5 Å². The van der Waals surface area contributed by atoms with Crippen molar-refractivity contribution in [2.75, 3.05) is 25.3 Å². The van der Waals surface area contributed by atoms with Crippen LogP contribution in [0.5, 0.6) is 0 Å². The molecule has 0 amide bonds. The zero-order valence-electron chi connectivity index (χ0n) is 15.3. The maximum Gasteiger partial charge on any atom is 0.356 e. The largest absolute Gasteiger partial charge is 0.382 e. The topological polar surface area (TPSA) is 114 Å². The van der Waals surface area contributed by atoms with Crippen molar-refractivity contribution in [1.29, 1.82) is 0 Å². The highest BCUT2D eigenvalue weighted by atomic mass is 31.2. The van der Waals surface area contributed by atoms with E-state index in [9.17, 15) is 17.7 Å². The Labute approximate surface area is 158 Å². The molecule has 0 aliphatic heterocycles. The third-order valence-corrected chi connectivity index (χ3v) is 6.12. The second-order valence-corrected chi connectivity index (χ2v) is 8.28.